The van der Waals surface area contributed by atoms with Gasteiger partial charge in [0, 0.05) is 22.8 Å². The number of nitrogens with one attached hydrogen (secondary N) is 2. The summed E-state index contributed by atoms with van der Waals surface area (Å²) in [6.45, 7) is 0. The van der Waals surface area contributed by atoms with Crippen molar-refractivity contribution < 1.29 is 17.2 Å². The molecule has 4 aromatic rings. The molecular weight excluding hydrogens is 374 g/mol. The average Bonchev–Trinajstić information content (AvgIpc) is 3.13. The van der Waals surface area contributed by atoms with Crippen LogP contribution in [0.25, 0.3) is 22.3 Å². The molecule has 0 bridgehead atoms. The predicted octanol–water partition coefficient (Wildman–Crippen LogP) is 3.70. The highest BCUT2D eigenvalue weighted by atomic mass is 32.2. The summed E-state index contributed by atoms with van der Waals surface area (Å²) in [6.07, 6.45) is 3.20. The van der Waals surface area contributed by atoms with Gasteiger partial charge in [-0.3, -0.25) is 4.72 Å². The van der Waals surface area contributed by atoms with Crippen molar-refractivity contribution in [2.45, 2.75) is 4.90 Å². The number of fused-ring (bicyclic) bond motifs is 1. The van der Waals surface area contributed by atoms with Crippen LogP contribution < -0.4 is 4.72 Å². The number of nitrogens with zero attached hydrogens (tertiary/aromatic N) is 2. The molecular formula is C18H12F2N4O2S. The summed E-state index contributed by atoms with van der Waals surface area (Å²) in [4.78, 5) is 11.0. The summed E-state index contributed by atoms with van der Waals surface area (Å²) >= 11 is 0. The topological polar surface area (TPSA) is 87.7 Å². The quantitative estimate of drug-likeness (QED) is 0.560. The van der Waals surface area contributed by atoms with Crippen LogP contribution in [-0.4, -0.2) is 23.4 Å². The van der Waals surface area contributed by atoms with Crippen LogP contribution >= 0.6 is 0 Å². The van der Waals surface area contributed by atoms with Crippen molar-refractivity contribution in [3.63, 3.8) is 0 Å². The molecule has 2 heterocycles. The lowest BCUT2D eigenvalue weighted by Crippen LogP contribution is -2.13. The molecule has 0 saturated heterocycles. The summed E-state index contributed by atoms with van der Waals surface area (Å²) in [7, 11) is -4.04. The molecule has 2 aromatic carbocycles. The Morgan fingerprint density at radius 1 is 0.926 bits per heavy atom. The van der Waals surface area contributed by atoms with Gasteiger partial charge in [0.2, 0.25) is 0 Å². The highest BCUT2D eigenvalue weighted by molar-refractivity contribution is 7.92. The number of anilines is 1. The van der Waals surface area contributed by atoms with Crippen molar-refractivity contribution in [3.8, 4) is 11.3 Å². The lowest BCUT2D eigenvalue weighted by atomic mass is 10.1. The molecule has 0 radical (unpaired) electrons. The van der Waals surface area contributed by atoms with Gasteiger partial charge in [-0.1, -0.05) is 12.1 Å². The van der Waals surface area contributed by atoms with Gasteiger partial charge in [-0.05, 0) is 36.4 Å². The number of sulfonamides is 1. The maximum atomic E-state index is 13.3. The maximum Gasteiger partial charge on any atom is 0.261 e. The normalized spacial score (nSPS) is 11.6. The minimum atomic E-state index is -4.04. The van der Waals surface area contributed by atoms with Gasteiger partial charge in [0.05, 0.1) is 10.6 Å². The third-order valence-corrected chi connectivity index (χ3v) is 5.34. The predicted molar refractivity (Wildman–Crippen MR) is 96.5 cm³/mol. The van der Waals surface area contributed by atoms with Crippen LogP contribution in [-0.2, 0) is 10.0 Å². The molecule has 0 aliphatic heterocycles. The van der Waals surface area contributed by atoms with Crippen molar-refractivity contribution in [1.29, 1.82) is 0 Å². The summed E-state index contributed by atoms with van der Waals surface area (Å²) in [5.74, 6) is -2.34. The number of rotatable bonds is 4. The van der Waals surface area contributed by atoms with Gasteiger partial charge in [0.1, 0.15) is 12.0 Å². The van der Waals surface area contributed by atoms with Crippen LogP contribution in [0.5, 0.6) is 0 Å². The number of H-pyrrole nitrogens is 1. The highest BCUT2D eigenvalue weighted by Crippen LogP contribution is 2.26. The standard InChI is InChI=1S/C18H12F2N4O2S/c19-15-6-5-13(9-16(15)20)27(25,26)24-12-3-1-11(2-4-12)17-14-7-8-21-18(14)23-10-22-17/h1-10,24H,(H,21,22,23). The Kier molecular flexibility index (Phi) is 4.08. The van der Waals surface area contributed by atoms with E-state index in [4.69, 9.17) is 0 Å². The zero-order valence-corrected chi connectivity index (χ0v) is 14.5. The Bertz CT molecular complexity index is 1240. The van der Waals surface area contributed by atoms with E-state index in [1.807, 2.05) is 6.07 Å². The monoisotopic (exact) mass is 386 g/mol. The number of aromatic nitrogens is 3. The average molecular weight is 386 g/mol. The maximum absolute atomic E-state index is 13.3. The molecule has 0 atom stereocenters. The van der Waals surface area contributed by atoms with Crippen LogP contribution in [0.2, 0.25) is 0 Å². The van der Waals surface area contributed by atoms with Crippen molar-refractivity contribution in [2.24, 2.45) is 0 Å². The largest absolute Gasteiger partial charge is 0.346 e. The van der Waals surface area contributed by atoms with E-state index in [0.717, 1.165) is 23.1 Å². The fourth-order valence-corrected chi connectivity index (χ4v) is 3.73. The van der Waals surface area contributed by atoms with Gasteiger partial charge in [0.15, 0.2) is 11.6 Å². The van der Waals surface area contributed by atoms with Gasteiger partial charge in [0.25, 0.3) is 10.0 Å². The second-order valence-corrected chi connectivity index (χ2v) is 7.40. The van der Waals surface area contributed by atoms with Gasteiger partial charge in [-0.25, -0.2) is 27.2 Å². The first-order valence-corrected chi connectivity index (χ1v) is 9.29. The number of halogens is 2. The molecule has 0 unspecified atom stereocenters. The van der Waals surface area contributed by atoms with Crippen LogP contribution in [0.3, 0.4) is 0 Å². The molecule has 0 saturated carbocycles. The fourth-order valence-electron chi connectivity index (χ4n) is 2.66. The van der Waals surface area contributed by atoms with E-state index in [-0.39, 0.29) is 10.6 Å². The summed E-state index contributed by atoms with van der Waals surface area (Å²) in [5, 5.41) is 0.840. The SMILES string of the molecule is O=S(=O)(Nc1ccc(-c2ncnc3[nH]ccc23)cc1)c1ccc(F)c(F)c1. The van der Waals surface area contributed by atoms with E-state index in [1.165, 1.54) is 6.33 Å². The molecule has 27 heavy (non-hydrogen) atoms. The fraction of sp³-hybridized carbons (Fsp3) is 0. The van der Waals surface area contributed by atoms with E-state index >= 15 is 0 Å². The molecule has 0 aliphatic carbocycles. The number of aromatic amines is 1. The van der Waals surface area contributed by atoms with Crippen molar-refractivity contribution in [1.82, 2.24) is 15.0 Å². The third-order valence-electron chi connectivity index (χ3n) is 3.97. The molecule has 2 N–H and O–H groups in total. The Morgan fingerprint density at radius 3 is 2.44 bits per heavy atom. The van der Waals surface area contributed by atoms with Gasteiger partial charge < -0.3 is 4.98 Å². The van der Waals surface area contributed by atoms with Crippen molar-refractivity contribution in [2.75, 3.05) is 4.72 Å². The van der Waals surface area contributed by atoms with E-state index in [1.54, 1.807) is 30.5 Å². The third kappa shape index (κ3) is 3.24. The Balaban J connectivity index is 1.62. The molecule has 2 aromatic heterocycles. The van der Waals surface area contributed by atoms with Gasteiger partial charge in [-0.2, -0.15) is 0 Å². The summed E-state index contributed by atoms with van der Waals surface area (Å²) < 4.78 is 53.3. The molecule has 0 spiro atoms. The molecule has 9 heteroatoms. The van der Waals surface area contributed by atoms with E-state index in [2.05, 4.69) is 19.7 Å². The zero-order valence-electron chi connectivity index (χ0n) is 13.6. The van der Waals surface area contributed by atoms with Gasteiger partial charge >= 0.3 is 0 Å². The van der Waals surface area contributed by atoms with Crippen molar-refractivity contribution >= 4 is 26.7 Å². The zero-order chi connectivity index (χ0) is 19.0. The summed E-state index contributed by atoms with van der Waals surface area (Å²) in [5.41, 5.74) is 2.46. The first-order valence-electron chi connectivity index (χ1n) is 7.80. The molecule has 0 aliphatic rings. The number of benzene rings is 2. The van der Waals surface area contributed by atoms with Gasteiger partial charge in [-0.15, -0.1) is 0 Å². The Labute approximate surface area is 153 Å². The number of hydrogen-bond donors (Lipinski definition) is 2. The lowest BCUT2D eigenvalue weighted by Gasteiger charge is -2.09. The minimum Gasteiger partial charge on any atom is -0.346 e. The van der Waals surface area contributed by atoms with E-state index in [9.17, 15) is 17.2 Å². The van der Waals surface area contributed by atoms with Crippen LogP contribution in [0, 0.1) is 11.6 Å². The molecule has 136 valence electrons. The minimum absolute atomic E-state index is 0.280. The molecule has 0 fully saturated rings. The summed E-state index contributed by atoms with van der Waals surface area (Å²) in [6, 6.07) is 10.8. The highest BCUT2D eigenvalue weighted by Gasteiger charge is 2.17. The second kappa shape index (κ2) is 6.44. The van der Waals surface area contributed by atoms with Crippen LogP contribution in [0.4, 0.5) is 14.5 Å². The van der Waals surface area contributed by atoms with Crippen LogP contribution in [0.1, 0.15) is 0 Å². The molecule has 6 nitrogen and oxygen atoms in total. The van der Waals surface area contributed by atoms with E-state index < -0.39 is 21.7 Å². The lowest BCUT2D eigenvalue weighted by molar-refractivity contribution is 0.504. The molecule has 4 rings (SSSR count). The smallest absolute Gasteiger partial charge is 0.261 e. The van der Waals surface area contributed by atoms with Crippen LogP contribution in [0.15, 0.2) is 66.0 Å². The molecule has 0 amide bonds. The second-order valence-electron chi connectivity index (χ2n) is 5.72. The number of hydrogen-bond acceptors (Lipinski definition) is 4. The van der Waals surface area contributed by atoms with E-state index in [0.29, 0.717) is 17.4 Å². The Morgan fingerprint density at radius 2 is 1.70 bits per heavy atom. The first kappa shape index (κ1) is 17.1. The first-order chi connectivity index (χ1) is 12.9. The van der Waals surface area contributed by atoms with Crippen molar-refractivity contribution in [3.05, 3.63) is 72.7 Å². The Hall–Kier alpha value is -3.33.